The van der Waals surface area contributed by atoms with E-state index in [1.54, 1.807) is 10.8 Å². The third-order valence-corrected chi connectivity index (χ3v) is 6.12. The van der Waals surface area contributed by atoms with Crippen LogP contribution in [0.2, 0.25) is 0 Å². The van der Waals surface area contributed by atoms with Gasteiger partial charge in [0, 0.05) is 6.20 Å². The van der Waals surface area contributed by atoms with Crippen molar-refractivity contribution in [3.63, 3.8) is 0 Å². The highest BCUT2D eigenvalue weighted by Crippen LogP contribution is 2.41. The third kappa shape index (κ3) is 4.89. The molecule has 0 bridgehead atoms. The van der Waals surface area contributed by atoms with E-state index in [2.05, 4.69) is 4.98 Å². The molecular formula is C26H25FN2O3S. The zero-order valence-electron chi connectivity index (χ0n) is 18.3. The maximum absolute atomic E-state index is 15.6. The number of halogens is 1. The lowest BCUT2D eigenvalue weighted by Gasteiger charge is -2.37. The van der Waals surface area contributed by atoms with Crippen molar-refractivity contribution in [2.45, 2.75) is 18.4 Å². The van der Waals surface area contributed by atoms with Gasteiger partial charge in [-0.2, -0.15) is 12.8 Å². The van der Waals surface area contributed by atoms with Crippen molar-refractivity contribution in [3.05, 3.63) is 126 Å². The van der Waals surface area contributed by atoms with Crippen molar-refractivity contribution >= 4 is 10.1 Å². The summed E-state index contributed by atoms with van der Waals surface area (Å²) in [6.07, 6.45) is 2.88. The number of benzene rings is 3. The zero-order valence-corrected chi connectivity index (χ0v) is 19.1. The fourth-order valence-corrected chi connectivity index (χ4v) is 4.60. The Morgan fingerprint density at radius 1 is 0.848 bits per heavy atom. The van der Waals surface area contributed by atoms with Crippen LogP contribution in [0.25, 0.3) is 0 Å². The maximum Gasteiger partial charge on any atom is 0.290 e. The Balaban J connectivity index is 1.85. The smallest absolute Gasteiger partial charge is 0.289 e. The van der Waals surface area contributed by atoms with Gasteiger partial charge in [-0.25, -0.2) is 4.98 Å². The molecule has 0 aliphatic carbocycles. The van der Waals surface area contributed by atoms with Gasteiger partial charge in [-0.05, 0) is 29.5 Å². The van der Waals surface area contributed by atoms with Crippen LogP contribution in [0.3, 0.4) is 0 Å². The molecule has 0 saturated heterocycles. The Hall–Kier alpha value is -3.29. The van der Waals surface area contributed by atoms with Crippen molar-refractivity contribution < 1.29 is 17.0 Å². The second-order valence-electron chi connectivity index (χ2n) is 7.81. The van der Waals surface area contributed by atoms with E-state index in [0.29, 0.717) is 18.5 Å². The molecule has 4 rings (SSSR count). The summed E-state index contributed by atoms with van der Waals surface area (Å²) >= 11 is 0. The lowest BCUT2D eigenvalue weighted by Crippen LogP contribution is -2.38. The highest BCUT2D eigenvalue weighted by atomic mass is 32.2. The number of hydrogen-bond acceptors (Lipinski definition) is 4. The first-order valence-corrected chi connectivity index (χ1v) is 12.5. The van der Waals surface area contributed by atoms with E-state index in [-0.39, 0.29) is 6.61 Å². The Kier molecular flexibility index (Phi) is 6.72. The first-order chi connectivity index (χ1) is 15.9. The zero-order chi connectivity index (χ0) is 23.3. The molecule has 5 nitrogen and oxygen atoms in total. The fourth-order valence-electron chi connectivity index (χ4n) is 4.18. The first-order valence-electron chi connectivity index (χ1n) is 10.7. The van der Waals surface area contributed by atoms with E-state index in [0.717, 1.165) is 22.9 Å². The van der Waals surface area contributed by atoms with Gasteiger partial charge in [0.25, 0.3) is 16.2 Å². The maximum atomic E-state index is 15.6. The minimum atomic E-state index is -3.51. The Labute approximate surface area is 193 Å². The van der Waals surface area contributed by atoms with E-state index < -0.39 is 21.7 Å². The van der Waals surface area contributed by atoms with E-state index in [1.165, 1.54) is 0 Å². The van der Waals surface area contributed by atoms with Crippen LogP contribution in [-0.2, 0) is 26.3 Å². The summed E-state index contributed by atoms with van der Waals surface area (Å²) in [5.74, 6) is 0. The Morgan fingerprint density at radius 3 is 1.73 bits per heavy atom. The summed E-state index contributed by atoms with van der Waals surface area (Å²) in [5, 5.41) is 0. The minimum absolute atomic E-state index is 0.0223. The van der Waals surface area contributed by atoms with E-state index in [1.807, 2.05) is 91.0 Å². The first kappa shape index (κ1) is 22.9. The molecule has 0 saturated carbocycles. The predicted octanol–water partition coefficient (Wildman–Crippen LogP) is 4.77. The number of hydrogen-bond donors (Lipinski definition) is 0. The van der Waals surface area contributed by atoms with Crippen LogP contribution in [0.1, 0.15) is 28.8 Å². The molecule has 1 heterocycles. The lowest BCUT2D eigenvalue weighted by atomic mass is 9.76. The van der Waals surface area contributed by atoms with Crippen molar-refractivity contribution in [3.8, 4) is 0 Å². The van der Waals surface area contributed by atoms with Crippen molar-refractivity contribution in [1.82, 2.24) is 9.55 Å². The van der Waals surface area contributed by atoms with Crippen LogP contribution in [0.5, 0.6) is 0 Å². The van der Waals surface area contributed by atoms with Crippen molar-refractivity contribution in [2.75, 3.05) is 12.9 Å². The number of aryl methyl sites for hydroxylation is 1. The summed E-state index contributed by atoms with van der Waals surface area (Å²) < 4.78 is 44.4. The van der Waals surface area contributed by atoms with Gasteiger partial charge >= 0.3 is 0 Å². The van der Waals surface area contributed by atoms with Gasteiger partial charge in [0.15, 0.2) is 0 Å². The molecule has 0 N–H and O–H groups in total. The average Bonchev–Trinajstić information content (AvgIpc) is 3.19. The second-order valence-corrected chi connectivity index (χ2v) is 9.45. The van der Waals surface area contributed by atoms with Crippen molar-refractivity contribution in [2.24, 2.45) is 0 Å². The summed E-state index contributed by atoms with van der Waals surface area (Å²) in [6.45, 7) is 0.0223. The predicted molar refractivity (Wildman–Crippen MR) is 126 cm³/mol. The molecule has 170 valence electrons. The molecular weight excluding hydrogens is 439 g/mol. The van der Waals surface area contributed by atoms with Crippen LogP contribution in [-0.4, -0.2) is 30.8 Å². The highest BCUT2D eigenvalue weighted by Gasteiger charge is 2.40. The lowest BCUT2D eigenvalue weighted by molar-refractivity contribution is 0.315. The van der Waals surface area contributed by atoms with E-state index in [9.17, 15) is 8.42 Å². The molecule has 1 aromatic heterocycles. The standard InChI is InChI=1S/C26H25FN2O3S/c1-33(30,31)32-19-11-18-24-20-29(25(27)28-24)26(21-12-5-2-6-13-21,22-14-7-3-8-15-22)23-16-9-4-10-17-23/h2-10,12-17,20H,11,18-19H2,1H3. The number of aromatic nitrogens is 2. The van der Waals surface area contributed by atoms with Gasteiger partial charge in [0.1, 0.15) is 5.54 Å². The quantitative estimate of drug-likeness (QED) is 0.203. The number of nitrogens with zero attached hydrogens (tertiary/aromatic N) is 2. The van der Waals surface area contributed by atoms with Gasteiger partial charge in [0.05, 0.1) is 18.6 Å². The van der Waals surface area contributed by atoms with E-state index in [4.69, 9.17) is 4.18 Å². The summed E-state index contributed by atoms with van der Waals surface area (Å²) in [4.78, 5) is 4.18. The van der Waals surface area contributed by atoms with Gasteiger partial charge in [-0.15, -0.1) is 0 Å². The molecule has 7 heteroatoms. The monoisotopic (exact) mass is 464 g/mol. The molecule has 0 unspecified atom stereocenters. The topological polar surface area (TPSA) is 61.2 Å². The molecule has 0 atom stereocenters. The fraction of sp³-hybridized carbons (Fsp3) is 0.192. The van der Waals surface area contributed by atoms with Crippen LogP contribution in [0.4, 0.5) is 4.39 Å². The van der Waals surface area contributed by atoms with Crippen LogP contribution < -0.4 is 0 Å². The van der Waals surface area contributed by atoms with Crippen molar-refractivity contribution in [1.29, 1.82) is 0 Å². The second kappa shape index (κ2) is 9.68. The summed E-state index contributed by atoms with van der Waals surface area (Å²) in [7, 11) is -3.51. The Bertz CT molecular complexity index is 1190. The number of rotatable bonds is 9. The Morgan fingerprint density at radius 2 is 1.30 bits per heavy atom. The van der Waals surface area contributed by atoms with Gasteiger partial charge in [0.2, 0.25) is 0 Å². The molecule has 0 radical (unpaired) electrons. The molecule has 0 amide bonds. The molecule has 0 fully saturated rings. The number of imidazole rings is 1. The molecule has 0 spiro atoms. The molecule has 0 aliphatic heterocycles. The third-order valence-electron chi connectivity index (χ3n) is 5.52. The molecule has 3 aromatic carbocycles. The molecule has 0 aliphatic rings. The average molecular weight is 465 g/mol. The normalized spacial score (nSPS) is 12.1. The van der Waals surface area contributed by atoms with Gasteiger partial charge in [-0.3, -0.25) is 8.75 Å². The summed E-state index contributed by atoms with van der Waals surface area (Å²) in [6, 6.07) is 29.3. The van der Waals surface area contributed by atoms with Gasteiger partial charge in [-0.1, -0.05) is 91.0 Å². The molecule has 33 heavy (non-hydrogen) atoms. The van der Waals surface area contributed by atoms with E-state index >= 15 is 4.39 Å². The van der Waals surface area contributed by atoms with Crippen LogP contribution >= 0.6 is 0 Å². The van der Waals surface area contributed by atoms with Crippen LogP contribution in [0.15, 0.2) is 97.2 Å². The highest BCUT2D eigenvalue weighted by molar-refractivity contribution is 7.85. The minimum Gasteiger partial charge on any atom is -0.289 e. The largest absolute Gasteiger partial charge is 0.290 e. The molecule has 4 aromatic rings. The summed E-state index contributed by atoms with van der Waals surface area (Å²) in [5.41, 5.74) is 2.22. The van der Waals surface area contributed by atoms with Gasteiger partial charge < -0.3 is 0 Å². The SMILES string of the molecule is CS(=O)(=O)OCCCc1cn(C(c2ccccc2)(c2ccccc2)c2ccccc2)c(F)n1. The van der Waals surface area contributed by atoms with Crippen LogP contribution in [0, 0.1) is 6.08 Å².